The van der Waals surface area contributed by atoms with Crippen LogP contribution in [0.2, 0.25) is 0 Å². The van der Waals surface area contributed by atoms with E-state index in [0.29, 0.717) is 6.61 Å². The van der Waals surface area contributed by atoms with Crippen LogP contribution in [-0.2, 0) is 11.3 Å². The summed E-state index contributed by atoms with van der Waals surface area (Å²) in [6, 6.07) is 8.40. The summed E-state index contributed by atoms with van der Waals surface area (Å²) < 4.78 is 5.10. The zero-order valence-electron chi connectivity index (χ0n) is 9.71. The second-order valence-corrected chi connectivity index (χ2v) is 3.70. The number of methoxy groups -OCH3 is 1. The molecule has 0 atom stereocenters. The molecule has 1 aromatic carbocycles. The summed E-state index contributed by atoms with van der Waals surface area (Å²) >= 11 is 0. The summed E-state index contributed by atoms with van der Waals surface area (Å²) in [6.07, 6.45) is 2.19. The molecule has 1 N–H and O–H groups in total. The first-order chi connectivity index (χ1) is 7.26. The molecule has 0 aromatic heterocycles. The lowest BCUT2D eigenvalue weighted by molar-refractivity contribution is 0.185. The zero-order valence-corrected chi connectivity index (χ0v) is 9.71. The molecule has 0 spiro atoms. The van der Waals surface area contributed by atoms with Crippen molar-refractivity contribution >= 4 is 6.08 Å². The van der Waals surface area contributed by atoms with Crippen LogP contribution in [0.25, 0.3) is 6.08 Å². The Labute approximate surface area is 92.0 Å². The summed E-state index contributed by atoms with van der Waals surface area (Å²) in [5, 5.41) is 3.13. The van der Waals surface area contributed by atoms with Gasteiger partial charge < -0.3 is 10.1 Å². The summed E-state index contributed by atoms with van der Waals surface area (Å²) in [6.45, 7) is 3.72. The molecule has 0 radical (unpaired) electrons. The van der Waals surface area contributed by atoms with Gasteiger partial charge >= 0.3 is 0 Å². The van der Waals surface area contributed by atoms with Crippen LogP contribution in [0.15, 0.2) is 29.8 Å². The van der Waals surface area contributed by atoms with Crippen LogP contribution in [0, 0.1) is 0 Å². The monoisotopic (exact) mass is 205 g/mol. The Morgan fingerprint density at radius 1 is 1.47 bits per heavy atom. The third kappa shape index (κ3) is 4.28. The molecule has 0 heterocycles. The predicted octanol–water partition coefficient (Wildman–Crippen LogP) is 2.46. The van der Waals surface area contributed by atoms with Gasteiger partial charge in [-0.15, -0.1) is 0 Å². The van der Waals surface area contributed by atoms with Crippen LogP contribution in [0.1, 0.15) is 18.1 Å². The van der Waals surface area contributed by atoms with E-state index in [1.54, 1.807) is 7.11 Å². The highest BCUT2D eigenvalue weighted by molar-refractivity contribution is 5.53. The first kappa shape index (κ1) is 12.0. The van der Waals surface area contributed by atoms with Gasteiger partial charge in [-0.1, -0.05) is 29.8 Å². The van der Waals surface area contributed by atoms with Crippen molar-refractivity contribution in [3.8, 4) is 0 Å². The van der Waals surface area contributed by atoms with E-state index in [9.17, 15) is 0 Å². The fraction of sp³-hybridized carbons (Fsp3) is 0.385. The van der Waals surface area contributed by atoms with E-state index in [-0.39, 0.29) is 0 Å². The standard InChI is InChI=1S/C13H19NO/c1-11(9-14-2)7-12-5-4-6-13(8-12)10-15-3/h4-8,14H,9-10H2,1-3H3. The second-order valence-electron chi connectivity index (χ2n) is 3.70. The Morgan fingerprint density at radius 2 is 2.27 bits per heavy atom. The van der Waals surface area contributed by atoms with Crippen molar-refractivity contribution in [2.75, 3.05) is 20.7 Å². The Balaban J connectivity index is 2.76. The summed E-state index contributed by atoms with van der Waals surface area (Å²) in [5.41, 5.74) is 3.77. The number of hydrogen-bond acceptors (Lipinski definition) is 2. The number of nitrogens with one attached hydrogen (secondary N) is 1. The van der Waals surface area contributed by atoms with E-state index in [0.717, 1.165) is 6.54 Å². The highest BCUT2D eigenvalue weighted by Crippen LogP contribution is 2.10. The highest BCUT2D eigenvalue weighted by atomic mass is 16.5. The maximum Gasteiger partial charge on any atom is 0.0713 e. The molecule has 82 valence electrons. The average Bonchev–Trinajstić information content (AvgIpc) is 2.19. The maximum absolute atomic E-state index is 5.10. The van der Waals surface area contributed by atoms with E-state index in [1.807, 2.05) is 7.05 Å². The quantitative estimate of drug-likeness (QED) is 0.797. The van der Waals surface area contributed by atoms with Crippen molar-refractivity contribution in [1.29, 1.82) is 0 Å². The molecule has 0 saturated carbocycles. The van der Waals surface area contributed by atoms with Gasteiger partial charge in [-0.25, -0.2) is 0 Å². The first-order valence-corrected chi connectivity index (χ1v) is 5.16. The normalized spacial score (nSPS) is 11.8. The molecule has 0 unspecified atom stereocenters. The van der Waals surface area contributed by atoms with Gasteiger partial charge in [0, 0.05) is 13.7 Å². The topological polar surface area (TPSA) is 21.3 Å². The van der Waals surface area contributed by atoms with Crippen LogP contribution in [-0.4, -0.2) is 20.7 Å². The number of benzene rings is 1. The minimum absolute atomic E-state index is 0.673. The molecule has 1 aromatic rings. The van der Waals surface area contributed by atoms with Gasteiger partial charge in [0.2, 0.25) is 0 Å². The molecule has 2 nitrogen and oxygen atoms in total. The molecule has 0 aliphatic heterocycles. The van der Waals surface area contributed by atoms with Crippen molar-refractivity contribution in [3.05, 3.63) is 41.0 Å². The second kappa shape index (κ2) is 6.38. The molecule has 15 heavy (non-hydrogen) atoms. The summed E-state index contributed by atoms with van der Waals surface area (Å²) in [4.78, 5) is 0. The Kier molecular flexibility index (Phi) is 5.08. The molecule has 0 saturated heterocycles. The average molecular weight is 205 g/mol. The fourth-order valence-corrected chi connectivity index (χ4v) is 1.55. The lowest BCUT2D eigenvalue weighted by atomic mass is 10.1. The third-order valence-corrected chi connectivity index (χ3v) is 2.13. The zero-order chi connectivity index (χ0) is 11.1. The van der Waals surface area contributed by atoms with E-state index in [2.05, 4.69) is 42.6 Å². The highest BCUT2D eigenvalue weighted by Gasteiger charge is 1.94. The number of likely N-dealkylation sites (N-methyl/N-ethyl adjacent to an activating group) is 1. The van der Waals surface area contributed by atoms with Crippen molar-refractivity contribution in [2.24, 2.45) is 0 Å². The molecule has 0 fully saturated rings. The van der Waals surface area contributed by atoms with Gasteiger partial charge in [0.25, 0.3) is 0 Å². The summed E-state index contributed by atoms with van der Waals surface area (Å²) in [5.74, 6) is 0. The van der Waals surface area contributed by atoms with Crippen molar-refractivity contribution < 1.29 is 4.74 Å². The largest absolute Gasteiger partial charge is 0.380 e. The van der Waals surface area contributed by atoms with Crippen LogP contribution in [0.5, 0.6) is 0 Å². The molecular formula is C13H19NO. The van der Waals surface area contributed by atoms with Gasteiger partial charge in [0.05, 0.1) is 6.61 Å². The molecule has 2 heteroatoms. The van der Waals surface area contributed by atoms with Crippen LogP contribution in [0.4, 0.5) is 0 Å². The van der Waals surface area contributed by atoms with Gasteiger partial charge in [-0.3, -0.25) is 0 Å². The molecular weight excluding hydrogens is 186 g/mol. The third-order valence-electron chi connectivity index (χ3n) is 2.13. The Hall–Kier alpha value is -1.12. The number of hydrogen-bond donors (Lipinski definition) is 1. The molecule has 0 aliphatic carbocycles. The predicted molar refractivity (Wildman–Crippen MR) is 64.7 cm³/mol. The molecule has 0 aliphatic rings. The SMILES string of the molecule is CNCC(C)=Cc1cccc(COC)c1. The van der Waals surface area contributed by atoms with E-state index >= 15 is 0 Å². The first-order valence-electron chi connectivity index (χ1n) is 5.16. The van der Waals surface area contributed by atoms with Gasteiger partial charge in [-0.2, -0.15) is 0 Å². The molecule has 0 amide bonds. The Morgan fingerprint density at radius 3 is 2.93 bits per heavy atom. The van der Waals surface area contributed by atoms with Crippen molar-refractivity contribution in [3.63, 3.8) is 0 Å². The molecule has 1 rings (SSSR count). The lowest BCUT2D eigenvalue weighted by Gasteiger charge is -2.03. The maximum atomic E-state index is 5.10. The van der Waals surface area contributed by atoms with E-state index < -0.39 is 0 Å². The smallest absolute Gasteiger partial charge is 0.0713 e. The fourth-order valence-electron chi connectivity index (χ4n) is 1.55. The minimum atomic E-state index is 0.673. The van der Waals surface area contributed by atoms with Crippen molar-refractivity contribution in [2.45, 2.75) is 13.5 Å². The number of ether oxygens (including phenoxy) is 1. The van der Waals surface area contributed by atoms with Crippen molar-refractivity contribution in [1.82, 2.24) is 5.32 Å². The van der Waals surface area contributed by atoms with E-state index in [4.69, 9.17) is 4.74 Å². The van der Waals surface area contributed by atoms with Gasteiger partial charge in [-0.05, 0) is 31.2 Å². The lowest BCUT2D eigenvalue weighted by Crippen LogP contribution is -2.08. The van der Waals surface area contributed by atoms with Gasteiger partial charge in [0.15, 0.2) is 0 Å². The van der Waals surface area contributed by atoms with Crippen LogP contribution in [0.3, 0.4) is 0 Å². The molecule has 0 bridgehead atoms. The van der Waals surface area contributed by atoms with Crippen LogP contribution >= 0.6 is 0 Å². The summed E-state index contributed by atoms with van der Waals surface area (Å²) in [7, 11) is 3.67. The minimum Gasteiger partial charge on any atom is -0.380 e. The number of rotatable bonds is 5. The Bertz CT molecular complexity index is 331. The van der Waals surface area contributed by atoms with Gasteiger partial charge in [0.1, 0.15) is 0 Å². The van der Waals surface area contributed by atoms with E-state index in [1.165, 1.54) is 16.7 Å². The van der Waals surface area contributed by atoms with Crippen LogP contribution < -0.4 is 5.32 Å².